The van der Waals surface area contributed by atoms with Gasteiger partial charge in [-0.05, 0) is 18.2 Å². The molecule has 1 N–H and O–H groups in total. The summed E-state index contributed by atoms with van der Waals surface area (Å²) in [4.78, 5) is 0. The highest BCUT2D eigenvalue weighted by Gasteiger charge is 2.22. The molecular formula is C16H17ClO4. The van der Waals surface area contributed by atoms with Crippen molar-refractivity contribution in [3.63, 3.8) is 0 Å². The number of aliphatic hydroxyl groups is 1. The molecule has 0 bridgehead atoms. The number of aryl methyl sites for hydroxylation is 1. The van der Waals surface area contributed by atoms with E-state index in [0.29, 0.717) is 41.1 Å². The highest BCUT2D eigenvalue weighted by Crippen LogP contribution is 2.39. The van der Waals surface area contributed by atoms with Gasteiger partial charge in [-0.1, -0.05) is 18.5 Å². The SMILES string of the molecule is CCc1ccc(C(O)c2cc3c(cc2Cl)OCCCO3)o1. The number of aliphatic hydroxyl groups excluding tert-OH is 1. The van der Waals surface area contributed by atoms with Crippen LogP contribution in [0.25, 0.3) is 0 Å². The first-order chi connectivity index (χ1) is 10.2. The molecule has 0 saturated carbocycles. The third kappa shape index (κ3) is 2.87. The smallest absolute Gasteiger partial charge is 0.162 e. The quantitative estimate of drug-likeness (QED) is 0.938. The Balaban J connectivity index is 1.95. The number of halogens is 1. The van der Waals surface area contributed by atoms with Gasteiger partial charge in [0.2, 0.25) is 0 Å². The molecule has 0 amide bonds. The van der Waals surface area contributed by atoms with Gasteiger partial charge in [-0.2, -0.15) is 0 Å². The monoisotopic (exact) mass is 308 g/mol. The van der Waals surface area contributed by atoms with Crippen molar-refractivity contribution in [3.8, 4) is 11.5 Å². The molecule has 0 spiro atoms. The van der Waals surface area contributed by atoms with Gasteiger partial charge in [0.1, 0.15) is 17.6 Å². The highest BCUT2D eigenvalue weighted by molar-refractivity contribution is 6.31. The van der Waals surface area contributed by atoms with Crippen molar-refractivity contribution in [3.05, 3.63) is 46.4 Å². The Morgan fingerprint density at radius 3 is 2.57 bits per heavy atom. The first kappa shape index (κ1) is 14.3. The van der Waals surface area contributed by atoms with Crippen LogP contribution in [0.1, 0.15) is 36.5 Å². The Morgan fingerprint density at radius 1 is 1.19 bits per heavy atom. The average Bonchev–Trinajstić information content (AvgIpc) is 2.86. The molecule has 3 rings (SSSR count). The normalized spacial score (nSPS) is 15.6. The fraction of sp³-hybridized carbons (Fsp3) is 0.375. The van der Waals surface area contributed by atoms with E-state index in [2.05, 4.69) is 0 Å². The minimum absolute atomic E-state index is 0.432. The van der Waals surface area contributed by atoms with Crippen LogP contribution in [0.3, 0.4) is 0 Å². The van der Waals surface area contributed by atoms with Crippen LogP contribution in [0.4, 0.5) is 0 Å². The number of rotatable bonds is 3. The predicted octanol–water partition coefficient (Wildman–Crippen LogP) is 3.74. The molecule has 1 aliphatic rings. The van der Waals surface area contributed by atoms with E-state index in [1.165, 1.54) is 0 Å². The number of benzene rings is 1. The van der Waals surface area contributed by atoms with E-state index in [4.69, 9.17) is 25.5 Å². The second-order valence-electron chi connectivity index (χ2n) is 4.93. The third-order valence-electron chi connectivity index (χ3n) is 3.46. The van der Waals surface area contributed by atoms with Crippen LogP contribution in [0.15, 0.2) is 28.7 Å². The molecule has 0 saturated heterocycles. The summed E-state index contributed by atoms with van der Waals surface area (Å²) in [6.07, 6.45) is 0.680. The maximum atomic E-state index is 10.5. The molecule has 112 valence electrons. The van der Waals surface area contributed by atoms with Crippen LogP contribution < -0.4 is 9.47 Å². The first-order valence-corrected chi connectivity index (χ1v) is 7.42. The largest absolute Gasteiger partial charge is 0.490 e. The lowest BCUT2D eigenvalue weighted by Gasteiger charge is -2.14. The van der Waals surface area contributed by atoms with Crippen LogP contribution >= 0.6 is 11.6 Å². The molecule has 2 heterocycles. The first-order valence-electron chi connectivity index (χ1n) is 7.04. The Kier molecular flexibility index (Phi) is 4.08. The van der Waals surface area contributed by atoms with Crippen LogP contribution in [-0.2, 0) is 6.42 Å². The standard InChI is InChI=1S/C16H17ClO4/c1-2-10-4-5-13(21-10)16(18)11-8-14-15(9-12(11)17)20-7-3-6-19-14/h4-5,8-9,16,18H,2-3,6-7H2,1H3. The zero-order chi connectivity index (χ0) is 14.8. The Hall–Kier alpha value is -1.65. The lowest BCUT2D eigenvalue weighted by Crippen LogP contribution is -2.01. The van der Waals surface area contributed by atoms with Gasteiger partial charge in [0.15, 0.2) is 11.5 Å². The number of furan rings is 1. The summed E-state index contributed by atoms with van der Waals surface area (Å²) >= 11 is 6.26. The molecule has 21 heavy (non-hydrogen) atoms. The number of hydrogen-bond acceptors (Lipinski definition) is 4. The maximum Gasteiger partial charge on any atom is 0.162 e. The van der Waals surface area contributed by atoms with Gasteiger partial charge in [0.05, 0.1) is 18.2 Å². The topological polar surface area (TPSA) is 51.8 Å². The summed E-state index contributed by atoms with van der Waals surface area (Å²) in [5, 5.41) is 10.9. The van der Waals surface area contributed by atoms with Gasteiger partial charge in [-0.15, -0.1) is 0 Å². The maximum absolute atomic E-state index is 10.5. The molecule has 1 unspecified atom stereocenters. The van der Waals surface area contributed by atoms with E-state index in [-0.39, 0.29) is 0 Å². The molecule has 1 aliphatic heterocycles. The Labute approximate surface area is 128 Å². The van der Waals surface area contributed by atoms with E-state index >= 15 is 0 Å². The summed E-state index contributed by atoms with van der Waals surface area (Å²) in [7, 11) is 0. The van der Waals surface area contributed by atoms with Crippen molar-refractivity contribution in [1.82, 2.24) is 0 Å². The number of fused-ring (bicyclic) bond motifs is 1. The van der Waals surface area contributed by atoms with E-state index in [9.17, 15) is 5.11 Å². The van der Waals surface area contributed by atoms with Crippen LogP contribution in [0, 0.1) is 0 Å². The van der Waals surface area contributed by atoms with E-state index < -0.39 is 6.10 Å². The van der Waals surface area contributed by atoms with Crippen molar-refractivity contribution in [2.75, 3.05) is 13.2 Å². The molecule has 2 aromatic rings. The fourth-order valence-electron chi connectivity index (χ4n) is 2.29. The lowest BCUT2D eigenvalue weighted by molar-refractivity contribution is 0.186. The second kappa shape index (κ2) is 6.00. The average molecular weight is 309 g/mol. The molecule has 1 atom stereocenters. The molecule has 0 aliphatic carbocycles. The highest BCUT2D eigenvalue weighted by atomic mass is 35.5. The van der Waals surface area contributed by atoms with Crippen LogP contribution in [-0.4, -0.2) is 18.3 Å². The third-order valence-corrected chi connectivity index (χ3v) is 3.79. The van der Waals surface area contributed by atoms with Gasteiger partial charge >= 0.3 is 0 Å². The van der Waals surface area contributed by atoms with Gasteiger partial charge in [-0.25, -0.2) is 0 Å². The number of hydrogen-bond donors (Lipinski definition) is 1. The van der Waals surface area contributed by atoms with Crippen molar-refractivity contribution in [2.45, 2.75) is 25.9 Å². The molecular weight excluding hydrogens is 292 g/mol. The molecule has 4 nitrogen and oxygen atoms in total. The summed E-state index contributed by atoms with van der Waals surface area (Å²) in [6.45, 7) is 3.18. The van der Waals surface area contributed by atoms with Crippen molar-refractivity contribution in [2.24, 2.45) is 0 Å². The van der Waals surface area contributed by atoms with E-state index in [1.807, 2.05) is 13.0 Å². The van der Waals surface area contributed by atoms with Crippen molar-refractivity contribution >= 4 is 11.6 Å². The van der Waals surface area contributed by atoms with E-state index in [0.717, 1.165) is 18.6 Å². The molecule has 1 aromatic heterocycles. The zero-order valence-corrected chi connectivity index (χ0v) is 12.5. The van der Waals surface area contributed by atoms with Crippen molar-refractivity contribution < 1.29 is 19.0 Å². The summed E-state index contributed by atoms with van der Waals surface area (Å²) < 4.78 is 16.8. The van der Waals surface area contributed by atoms with Gasteiger partial charge in [-0.3, -0.25) is 0 Å². The lowest BCUT2D eigenvalue weighted by atomic mass is 10.1. The molecule has 1 aromatic carbocycles. The second-order valence-corrected chi connectivity index (χ2v) is 5.34. The Morgan fingerprint density at radius 2 is 1.90 bits per heavy atom. The fourth-order valence-corrected chi connectivity index (χ4v) is 2.55. The molecule has 0 fully saturated rings. The van der Waals surface area contributed by atoms with Gasteiger partial charge < -0.3 is 19.0 Å². The predicted molar refractivity (Wildman–Crippen MR) is 79.2 cm³/mol. The van der Waals surface area contributed by atoms with Gasteiger partial charge in [0.25, 0.3) is 0 Å². The van der Waals surface area contributed by atoms with Crippen LogP contribution in [0.5, 0.6) is 11.5 Å². The van der Waals surface area contributed by atoms with E-state index in [1.54, 1.807) is 18.2 Å². The summed E-state index contributed by atoms with van der Waals surface area (Å²) in [6, 6.07) is 7.03. The van der Waals surface area contributed by atoms with Crippen molar-refractivity contribution in [1.29, 1.82) is 0 Å². The summed E-state index contributed by atoms with van der Waals surface area (Å²) in [5.74, 6) is 2.52. The zero-order valence-electron chi connectivity index (χ0n) is 11.8. The Bertz CT molecular complexity index is 635. The molecule has 5 heteroatoms. The minimum atomic E-state index is -0.921. The van der Waals surface area contributed by atoms with Crippen LogP contribution in [0.2, 0.25) is 5.02 Å². The number of ether oxygens (including phenoxy) is 2. The minimum Gasteiger partial charge on any atom is -0.490 e. The molecule has 0 radical (unpaired) electrons. The van der Waals surface area contributed by atoms with Gasteiger partial charge in [0, 0.05) is 24.5 Å². The summed E-state index contributed by atoms with van der Waals surface area (Å²) in [5.41, 5.74) is 0.554.